The summed E-state index contributed by atoms with van der Waals surface area (Å²) in [6.45, 7) is 6.51. The Morgan fingerprint density at radius 2 is 1.84 bits per heavy atom. The minimum absolute atomic E-state index is 0.136. The molecule has 0 unspecified atom stereocenters. The van der Waals surface area contributed by atoms with Gasteiger partial charge in [0.15, 0.2) is 0 Å². The number of aryl methyl sites for hydroxylation is 2. The molecule has 6 rings (SSSR count). The van der Waals surface area contributed by atoms with E-state index in [-0.39, 0.29) is 30.6 Å². The number of aromatic hydroxyl groups is 1. The summed E-state index contributed by atoms with van der Waals surface area (Å²) in [5.74, 6) is -0.513. The SMILES string of the molecule is CC/C(=C\c1cc(C)c(O)c(C)c1)CC[C@H]1OB(O)C[C@H]2C1=C(COc1ccccc1)C[C@H]1C(=O)N(Cc3cccs3)C(=O)[C@H]12. The van der Waals surface area contributed by atoms with E-state index in [2.05, 4.69) is 13.0 Å². The van der Waals surface area contributed by atoms with E-state index in [4.69, 9.17) is 9.39 Å². The Morgan fingerprint density at radius 3 is 2.53 bits per heavy atom. The third-order valence-electron chi connectivity index (χ3n) is 9.52. The predicted molar refractivity (Wildman–Crippen MR) is 177 cm³/mol. The molecule has 3 heterocycles. The third kappa shape index (κ3) is 6.53. The molecule has 0 saturated carbocycles. The van der Waals surface area contributed by atoms with Gasteiger partial charge < -0.3 is 19.5 Å². The molecule has 0 bridgehead atoms. The molecular formula is C36H40BNO6S. The lowest BCUT2D eigenvalue weighted by atomic mass is 9.58. The van der Waals surface area contributed by atoms with Crippen molar-refractivity contribution in [3.63, 3.8) is 0 Å². The van der Waals surface area contributed by atoms with Gasteiger partial charge in [-0.3, -0.25) is 14.5 Å². The Bertz CT molecular complexity index is 1590. The molecule has 0 radical (unpaired) electrons. The molecule has 234 valence electrons. The van der Waals surface area contributed by atoms with Crippen LogP contribution in [0.3, 0.4) is 0 Å². The lowest BCUT2D eigenvalue weighted by Crippen LogP contribution is -2.46. The van der Waals surface area contributed by atoms with Crippen LogP contribution in [0, 0.1) is 31.6 Å². The van der Waals surface area contributed by atoms with Crippen molar-refractivity contribution in [3.05, 3.63) is 98.3 Å². The Kier molecular flexibility index (Phi) is 9.31. The fourth-order valence-corrected chi connectivity index (χ4v) is 8.03. The normalized spacial score (nSPS) is 23.4. The molecule has 2 N–H and O–H groups in total. The van der Waals surface area contributed by atoms with Gasteiger partial charge >= 0.3 is 7.12 Å². The number of benzene rings is 2. The number of hydrogen-bond donors (Lipinski definition) is 2. The van der Waals surface area contributed by atoms with E-state index in [1.54, 1.807) is 0 Å². The second-order valence-corrected chi connectivity index (χ2v) is 13.5. The third-order valence-corrected chi connectivity index (χ3v) is 10.4. The first-order valence-corrected chi connectivity index (χ1v) is 16.7. The van der Waals surface area contributed by atoms with E-state index in [0.29, 0.717) is 25.2 Å². The smallest absolute Gasteiger partial charge is 0.455 e. The van der Waals surface area contributed by atoms with Crippen LogP contribution in [0.2, 0.25) is 6.32 Å². The second kappa shape index (κ2) is 13.4. The average molecular weight is 626 g/mol. The molecule has 2 saturated heterocycles. The molecule has 2 fully saturated rings. The summed E-state index contributed by atoms with van der Waals surface area (Å²) in [6.07, 6.45) is 4.69. The second-order valence-electron chi connectivity index (χ2n) is 12.5. The number of allylic oxidation sites excluding steroid dienone is 1. The van der Waals surface area contributed by atoms with Gasteiger partial charge in [-0.25, -0.2) is 0 Å². The molecular weight excluding hydrogens is 585 g/mol. The number of carbonyl (C=O) groups excluding carboxylic acids is 2. The Hall–Kier alpha value is -3.66. The highest BCUT2D eigenvalue weighted by Gasteiger charge is 2.57. The van der Waals surface area contributed by atoms with Gasteiger partial charge in [-0.2, -0.15) is 0 Å². The van der Waals surface area contributed by atoms with Crippen molar-refractivity contribution in [1.82, 2.24) is 4.90 Å². The van der Waals surface area contributed by atoms with Crippen LogP contribution in [-0.2, 0) is 20.8 Å². The first kappa shape index (κ1) is 31.3. The number of fused-ring (bicyclic) bond motifs is 3. The fraction of sp³-hybridized carbons (Fsp3) is 0.389. The Labute approximate surface area is 269 Å². The first-order valence-electron chi connectivity index (χ1n) is 15.8. The van der Waals surface area contributed by atoms with Crippen LogP contribution in [0.15, 0.2) is 76.7 Å². The molecule has 4 atom stereocenters. The van der Waals surface area contributed by atoms with Crippen molar-refractivity contribution in [1.29, 1.82) is 0 Å². The predicted octanol–water partition coefficient (Wildman–Crippen LogP) is 6.72. The molecule has 3 aromatic rings. The van der Waals surface area contributed by atoms with Crippen molar-refractivity contribution in [2.75, 3.05) is 6.61 Å². The Morgan fingerprint density at radius 1 is 1.09 bits per heavy atom. The van der Waals surface area contributed by atoms with Crippen LogP contribution in [0.5, 0.6) is 11.5 Å². The van der Waals surface area contributed by atoms with Crippen molar-refractivity contribution in [2.24, 2.45) is 17.8 Å². The number of imide groups is 1. The molecule has 1 aliphatic carbocycles. The molecule has 3 aliphatic rings. The van der Waals surface area contributed by atoms with Crippen molar-refractivity contribution < 1.29 is 29.1 Å². The van der Waals surface area contributed by atoms with Crippen molar-refractivity contribution in [2.45, 2.75) is 65.4 Å². The lowest BCUT2D eigenvalue weighted by molar-refractivity contribution is -0.140. The summed E-state index contributed by atoms with van der Waals surface area (Å²) < 4.78 is 12.5. The highest BCUT2D eigenvalue weighted by Crippen LogP contribution is 2.51. The quantitative estimate of drug-likeness (QED) is 0.148. The van der Waals surface area contributed by atoms with E-state index in [1.165, 1.54) is 21.8 Å². The summed E-state index contributed by atoms with van der Waals surface area (Å²) in [7, 11) is -1.02. The maximum atomic E-state index is 13.9. The summed E-state index contributed by atoms with van der Waals surface area (Å²) in [6, 6.07) is 17.5. The number of para-hydroxylation sites is 1. The van der Waals surface area contributed by atoms with Crippen LogP contribution >= 0.6 is 11.3 Å². The Balaban J connectivity index is 1.30. The van der Waals surface area contributed by atoms with E-state index in [0.717, 1.165) is 51.3 Å². The summed E-state index contributed by atoms with van der Waals surface area (Å²) in [5, 5.41) is 23.2. The van der Waals surface area contributed by atoms with Crippen molar-refractivity contribution in [3.8, 4) is 11.5 Å². The van der Waals surface area contributed by atoms with Crippen LogP contribution in [0.1, 0.15) is 54.2 Å². The highest BCUT2D eigenvalue weighted by molar-refractivity contribution is 7.09. The average Bonchev–Trinajstić information content (AvgIpc) is 3.63. The van der Waals surface area contributed by atoms with Gasteiger partial charge in [0.05, 0.1) is 24.5 Å². The fourth-order valence-electron chi connectivity index (χ4n) is 7.34. The monoisotopic (exact) mass is 625 g/mol. The summed E-state index contributed by atoms with van der Waals surface area (Å²) in [4.78, 5) is 30.1. The number of hydrogen-bond acceptors (Lipinski definition) is 7. The first-order chi connectivity index (χ1) is 21.7. The van der Waals surface area contributed by atoms with E-state index in [1.807, 2.05) is 73.8 Å². The van der Waals surface area contributed by atoms with Crippen LogP contribution in [0.4, 0.5) is 0 Å². The van der Waals surface area contributed by atoms with E-state index >= 15 is 0 Å². The molecule has 45 heavy (non-hydrogen) atoms. The molecule has 1 aromatic heterocycles. The van der Waals surface area contributed by atoms with E-state index < -0.39 is 25.1 Å². The topological polar surface area (TPSA) is 96.3 Å². The summed E-state index contributed by atoms with van der Waals surface area (Å²) in [5.41, 5.74) is 5.96. The summed E-state index contributed by atoms with van der Waals surface area (Å²) >= 11 is 1.54. The van der Waals surface area contributed by atoms with Gasteiger partial charge in [0.1, 0.15) is 18.1 Å². The van der Waals surface area contributed by atoms with Crippen LogP contribution < -0.4 is 4.74 Å². The lowest BCUT2D eigenvalue weighted by Gasteiger charge is -2.43. The maximum absolute atomic E-state index is 13.9. The number of rotatable bonds is 10. The number of carbonyl (C=O) groups is 2. The zero-order valence-electron chi connectivity index (χ0n) is 26.1. The molecule has 7 nitrogen and oxygen atoms in total. The molecule has 2 aromatic carbocycles. The number of nitrogens with zero attached hydrogens (tertiary/aromatic N) is 1. The number of phenols is 1. The number of amides is 2. The van der Waals surface area contributed by atoms with Crippen LogP contribution in [-0.4, -0.2) is 46.7 Å². The maximum Gasteiger partial charge on any atom is 0.455 e. The van der Waals surface area contributed by atoms with Gasteiger partial charge in [0.25, 0.3) is 0 Å². The van der Waals surface area contributed by atoms with Gasteiger partial charge in [-0.05, 0) is 115 Å². The number of likely N-dealkylation sites (tertiary alicyclic amines) is 1. The molecule has 2 aliphatic heterocycles. The van der Waals surface area contributed by atoms with E-state index in [9.17, 15) is 19.7 Å². The standard InChI is InChI=1S/C36H40BNO6S/c1-4-24(17-25-15-22(2)34(39)23(3)16-25)12-13-31-32-26(21-43-27-9-6-5-7-10-27)18-29-33(30(32)19-37(42)44-31)36(41)38(35(29)40)20-28-11-8-14-45-28/h5-11,14-17,29-31,33,39,42H,4,12-13,18-21H2,1-3H3/b24-17+/t29-,30+,31-,33-/m1/s1. The van der Waals surface area contributed by atoms with Crippen LogP contribution in [0.25, 0.3) is 6.08 Å². The van der Waals surface area contributed by atoms with Gasteiger partial charge in [-0.15, -0.1) is 11.3 Å². The van der Waals surface area contributed by atoms with Gasteiger partial charge in [0.2, 0.25) is 11.8 Å². The number of phenolic OH excluding ortho intramolecular Hbond substituents is 1. The molecule has 9 heteroatoms. The highest BCUT2D eigenvalue weighted by atomic mass is 32.1. The van der Waals surface area contributed by atoms with Gasteiger partial charge in [-0.1, -0.05) is 42.8 Å². The zero-order valence-corrected chi connectivity index (χ0v) is 26.9. The van der Waals surface area contributed by atoms with Crippen molar-refractivity contribution >= 4 is 36.3 Å². The largest absolute Gasteiger partial charge is 0.507 e. The minimum atomic E-state index is -1.02. The zero-order chi connectivity index (χ0) is 31.7. The number of thiophene rings is 1. The molecule has 2 amide bonds. The van der Waals surface area contributed by atoms with Gasteiger partial charge in [0, 0.05) is 4.88 Å². The molecule has 0 spiro atoms. The minimum Gasteiger partial charge on any atom is -0.507 e. The number of ether oxygens (including phenoxy) is 1.